The fraction of sp³-hybridized carbons (Fsp3) is 0.872. The quantitative estimate of drug-likeness (QED) is 0.0204. The summed E-state index contributed by atoms with van der Waals surface area (Å²) in [5.41, 5.74) is 0. The van der Waals surface area contributed by atoms with E-state index in [9.17, 15) is 45.6 Å². The van der Waals surface area contributed by atoms with Gasteiger partial charge in [-0.3, -0.25) is 4.79 Å². The molecule has 0 saturated carbocycles. The second kappa shape index (κ2) is 69.7. The molecule has 0 aromatic heterocycles. The number of carbonyl (C=O) groups excluding carboxylic acids is 1. The van der Waals surface area contributed by atoms with Crippen molar-refractivity contribution in [3.63, 3.8) is 0 Å². The fourth-order valence-corrected chi connectivity index (χ4v) is 13.9. The molecule has 12 atom stereocenters. The Hall–Kier alpha value is -2.31. The van der Waals surface area contributed by atoms with Crippen LogP contribution in [0.3, 0.4) is 0 Å². The van der Waals surface area contributed by atoms with E-state index in [1.807, 2.05) is 6.08 Å². The van der Waals surface area contributed by atoms with E-state index in [0.29, 0.717) is 12.8 Å². The Labute approximate surface area is 613 Å². The minimum atomic E-state index is -1.79. The number of aliphatic hydroxyl groups is 8. The monoisotopic (exact) mass is 1410 g/mol. The second-order valence-electron chi connectivity index (χ2n) is 29.9. The molecule has 0 bridgehead atoms. The molecule has 0 aliphatic carbocycles. The average molecular weight is 1420 g/mol. The lowest BCUT2D eigenvalue weighted by molar-refractivity contribution is -0.359. The maximum atomic E-state index is 13.4. The van der Waals surface area contributed by atoms with Gasteiger partial charge in [0.05, 0.1) is 32.0 Å². The highest BCUT2D eigenvalue weighted by atomic mass is 16.7. The number of rotatable bonds is 72. The summed E-state index contributed by atoms with van der Waals surface area (Å²) in [6.07, 6.45) is 79.0. The highest BCUT2D eigenvalue weighted by molar-refractivity contribution is 5.76. The molecule has 100 heavy (non-hydrogen) atoms. The van der Waals surface area contributed by atoms with Gasteiger partial charge in [0.1, 0.15) is 48.8 Å². The van der Waals surface area contributed by atoms with Gasteiger partial charge in [0, 0.05) is 6.42 Å². The van der Waals surface area contributed by atoms with Crippen molar-refractivity contribution in [1.82, 2.24) is 5.32 Å². The van der Waals surface area contributed by atoms with Crippen LogP contribution in [0.5, 0.6) is 0 Å². The number of carbonyl (C=O) groups is 1. The first kappa shape index (κ1) is 93.8. The molecule has 0 aromatic rings. The van der Waals surface area contributed by atoms with E-state index in [0.717, 1.165) is 51.4 Å². The first-order valence-electron chi connectivity index (χ1n) is 42.5. The van der Waals surface area contributed by atoms with Crippen LogP contribution < -0.4 is 5.32 Å². The molecule has 9 N–H and O–H groups in total. The molecule has 2 aliphatic rings. The second-order valence-corrected chi connectivity index (χ2v) is 29.9. The molecule has 2 saturated heterocycles. The van der Waals surface area contributed by atoms with Crippen molar-refractivity contribution >= 4 is 5.91 Å². The Kier molecular flexibility index (Phi) is 65.4. The van der Waals surface area contributed by atoms with Crippen LogP contribution in [0, 0.1) is 0 Å². The van der Waals surface area contributed by atoms with Gasteiger partial charge >= 0.3 is 0 Å². The van der Waals surface area contributed by atoms with Crippen molar-refractivity contribution in [3.05, 3.63) is 60.8 Å². The smallest absolute Gasteiger partial charge is 0.220 e. The van der Waals surface area contributed by atoms with Gasteiger partial charge in [-0.05, 0) is 77.0 Å². The van der Waals surface area contributed by atoms with Crippen LogP contribution in [0.25, 0.3) is 0 Å². The predicted molar refractivity (Wildman–Crippen MR) is 415 cm³/mol. The Balaban J connectivity index is 1.60. The van der Waals surface area contributed by atoms with E-state index in [1.165, 1.54) is 302 Å². The first-order valence-corrected chi connectivity index (χ1v) is 42.5. The van der Waals surface area contributed by atoms with Crippen LogP contribution in [0.4, 0.5) is 0 Å². The lowest BCUT2D eigenvalue weighted by Crippen LogP contribution is -2.65. The summed E-state index contributed by atoms with van der Waals surface area (Å²) >= 11 is 0. The summed E-state index contributed by atoms with van der Waals surface area (Å²) < 4.78 is 22.9. The number of allylic oxidation sites excluding steroid dienone is 9. The molecule has 2 heterocycles. The van der Waals surface area contributed by atoms with Crippen molar-refractivity contribution in [3.8, 4) is 0 Å². The van der Waals surface area contributed by atoms with Gasteiger partial charge in [-0.15, -0.1) is 0 Å². The molecule has 586 valence electrons. The molecule has 14 heteroatoms. The zero-order valence-electron chi connectivity index (χ0n) is 64.5. The SMILES string of the molecule is CCCCCCC/C=C\C/C=C\CCCCCCCCCCCCCCCCCCCCCCCCCCCC(=O)NC(COC1OC(CO)C(OC2OC(CO)C(O)C(O)C2O)C(O)C1O)C(O)/C=C/CC/C=C/CC/C=C/CCCCCCCCCCCCCCCCCCCCC. The predicted octanol–water partition coefficient (Wildman–Crippen LogP) is 19.9. The maximum Gasteiger partial charge on any atom is 0.220 e. The molecule has 2 fully saturated rings. The van der Waals surface area contributed by atoms with Crippen molar-refractivity contribution in [2.75, 3.05) is 19.8 Å². The van der Waals surface area contributed by atoms with E-state index in [-0.39, 0.29) is 18.9 Å². The van der Waals surface area contributed by atoms with Gasteiger partial charge in [0.25, 0.3) is 0 Å². The molecule has 0 spiro atoms. The van der Waals surface area contributed by atoms with E-state index in [1.54, 1.807) is 6.08 Å². The minimum Gasteiger partial charge on any atom is -0.394 e. The number of hydrogen-bond acceptors (Lipinski definition) is 13. The van der Waals surface area contributed by atoms with Crippen molar-refractivity contribution in [2.45, 2.75) is 460 Å². The van der Waals surface area contributed by atoms with E-state index < -0.39 is 86.8 Å². The van der Waals surface area contributed by atoms with Crippen molar-refractivity contribution in [2.24, 2.45) is 0 Å². The number of hydrogen-bond donors (Lipinski definition) is 9. The van der Waals surface area contributed by atoms with Crippen LogP contribution in [0.1, 0.15) is 386 Å². The number of unbranched alkanes of at least 4 members (excludes halogenated alkanes) is 51. The lowest BCUT2D eigenvalue weighted by Gasteiger charge is -2.46. The third kappa shape index (κ3) is 51.8. The van der Waals surface area contributed by atoms with Gasteiger partial charge in [0.15, 0.2) is 12.6 Å². The van der Waals surface area contributed by atoms with Crippen LogP contribution >= 0.6 is 0 Å². The fourth-order valence-electron chi connectivity index (χ4n) is 13.9. The number of ether oxygens (including phenoxy) is 4. The maximum absolute atomic E-state index is 13.4. The number of amides is 1. The third-order valence-electron chi connectivity index (χ3n) is 20.7. The topological polar surface area (TPSA) is 228 Å². The number of aliphatic hydroxyl groups excluding tert-OH is 8. The zero-order chi connectivity index (χ0) is 72.2. The zero-order valence-corrected chi connectivity index (χ0v) is 64.5. The molecular weight excluding hydrogens is 1250 g/mol. The summed E-state index contributed by atoms with van der Waals surface area (Å²) in [6, 6.07) is -0.940. The Morgan fingerprint density at radius 3 is 1.04 bits per heavy atom. The van der Waals surface area contributed by atoms with Gasteiger partial charge < -0.3 is 65.1 Å². The van der Waals surface area contributed by atoms with Crippen LogP contribution in [0.15, 0.2) is 60.8 Å². The Bertz CT molecular complexity index is 1910. The van der Waals surface area contributed by atoms with Crippen molar-refractivity contribution in [1.29, 1.82) is 0 Å². The molecule has 0 radical (unpaired) electrons. The summed E-state index contributed by atoms with van der Waals surface area (Å²) in [5, 5.41) is 87.7. The van der Waals surface area contributed by atoms with Gasteiger partial charge in [-0.2, -0.15) is 0 Å². The normalized spacial score (nSPS) is 22.1. The van der Waals surface area contributed by atoms with E-state index in [2.05, 4.69) is 67.8 Å². The number of nitrogens with one attached hydrogen (secondary N) is 1. The molecule has 2 rings (SSSR count). The van der Waals surface area contributed by atoms with Gasteiger partial charge in [0.2, 0.25) is 5.91 Å². The highest BCUT2D eigenvalue weighted by Gasteiger charge is 2.51. The van der Waals surface area contributed by atoms with Gasteiger partial charge in [-0.1, -0.05) is 364 Å². The van der Waals surface area contributed by atoms with Crippen LogP contribution in [-0.2, 0) is 23.7 Å². The molecule has 12 unspecified atom stereocenters. The lowest BCUT2D eigenvalue weighted by atomic mass is 9.97. The third-order valence-corrected chi connectivity index (χ3v) is 20.7. The summed E-state index contributed by atoms with van der Waals surface area (Å²) in [4.78, 5) is 13.4. The van der Waals surface area contributed by atoms with Gasteiger partial charge in [-0.25, -0.2) is 0 Å². The summed E-state index contributed by atoms with van der Waals surface area (Å²) in [7, 11) is 0. The standard InChI is InChI=1S/C86H159NO13/c1-3-5-7-9-11-13-15-17-19-21-23-25-27-29-31-33-34-35-36-37-38-39-40-42-44-46-48-50-52-54-56-58-60-62-64-66-68-70-78(91)87-74(73-97-85-83(96)81(94)84(77(72-89)99-85)100-86-82(95)80(93)79(92)76(71-88)98-86)75(90)69-67-65-63-61-59-57-55-53-51-49-47-45-43-41-32-30-28-26-24-22-20-18-16-14-12-10-8-6-4-2/h15,17,21,23,51,53,59,61,67,69,74-77,79-86,88-90,92-96H,3-14,16,18-20,22,24-50,52,54-58,60,62-66,68,70-73H2,1-2H3,(H,87,91)/b17-15-,23-21-,53-51+,61-59+,69-67+. The molecule has 0 aromatic carbocycles. The minimum absolute atomic E-state index is 0.246. The van der Waals surface area contributed by atoms with E-state index in [4.69, 9.17) is 18.9 Å². The molecule has 1 amide bonds. The Morgan fingerprint density at radius 2 is 0.670 bits per heavy atom. The Morgan fingerprint density at radius 1 is 0.360 bits per heavy atom. The van der Waals surface area contributed by atoms with Crippen LogP contribution in [-0.4, -0.2) is 140 Å². The molecule has 14 nitrogen and oxygen atoms in total. The van der Waals surface area contributed by atoms with E-state index >= 15 is 0 Å². The first-order chi connectivity index (χ1) is 49.1. The van der Waals surface area contributed by atoms with Crippen molar-refractivity contribution < 1.29 is 64.6 Å². The summed E-state index contributed by atoms with van der Waals surface area (Å²) in [6.45, 7) is 2.82. The van der Waals surface area contributed by atoms with Crippen LogP contribution in [0.2, 0.25) is 0 Å². The molecule has 2 aliphatic heterocycles. The highest BCUT2D eigenvalue weighted by Crippen LogP contribution is 2.30. The average Bonchev–Trinajstić information content (AvgIpc) is 0.791. The summed E-state index contributed by atoms with van der Waals surface area (Å²) in [5.74, 6) is -0.246. The largest absolute Gasteiger partial charge is 0.394 e. The molecular formula is C86H159NO13.